The van der Waals surface area contributed by atoms with Crippen LogP contribution in [0.25, 0.3) is 0 Å². The zero-order valence-corrected chi connectivity index (χ0v) is 22.7. The molecule has 0 N–H and O–H groups in total. The van der Waals surface area contributed by atoms with Crippen LogP contribution < -0.4 is 24.0 Å². The Kier molecular flexibility index (Phi) is 8.26. The molecular formula is C29H32N2O6S. The Morgan fingerprint density at radius 3 is 2.74 bits per heavy atom. The lowest BCUT2D eigenvalue weighted by atomic mass is 10.1. The molecule has 1 unspecified atom stereocenters. The monoisotopic (exact) mass is 536 g/mol. The summed E-state index contributed by atoms with van der Waals surface area (Å²) in [6.45, 7) is 3.20. The fourth-order valence-electron chi connectivity index (χ4n) is 4.42. The second-order valence-electron chi connectivity index (χ2n) is 9.24. The van der Waals surface area contributed by atoms with Crippen LogP contribution in [-0.2, 0) is 16.3 Å². The van der Waals surface area contributed by atoms with E-state index in [2.05, 4.69) is 11.9 Å². The smallest absolute Gasteiger partial charge is 0.244 e. The van der Waals surface area contributed by atoms with Crippen LogP contribution in [0.1, 0.15) is 22.8 Å². The first-order valence-corrected chi connectivity index (χ1v) is 13.5. The normalized spacial score (nSPS) is 16.2. The van der Waals surface area contributed by atoms with Crippen LogP contribution in [0.3, 0.4) is 0 Å². The van der Waals surface area contributed by atoms with Gasteiger partial charge in [-0.3, -0.25) is 4.79 Å². The lowest BCUT2D eigenvalue weighted by Crippen LogP contribution is -2.33. The number of likely N-dealkylation sites (N-methyl/N-ethyl adjacent to an activating group) is 2. The van der Waals surface area contributed by atoms with Gasteiger partial charge < -0.3 is 28.9 Å². The first kappa shape index (κ1) is 26.2. The molecule has 0 spiro atoms. The average molecular weight is 537 g/mol. The largest absolute Gasteiger partial charge is 0.497 e. The molecular weight excluding hydrogens is 504 g/mol. The van der Waals surface area contributed by atoms with Gasteiger partial charge in [-0.2, -0.15) is 4.89 Å². The molecule has 0 radical (unpaired) electrons. The number of carbonyl (C=O) groups is 1. The van der Waals surface area contributed by atoms with Crippen molar-refractivity contribution in [3.8, 4) is 23.0 Å². The maximum atomic E-state index is 13.3. The number of benzene rings is 3. The Bertz CT molecular complexity index is 1290. The van der Waals surface area contributed by atoms with Crippen molar-refractivity contribution in [3.63, 3.8) is 0 Å². The van der Waals surface area contributed by atoms with E-state index in [1.165, 1.54) is 0 Å². The third-order valence-corrected chi connectivity index (χ3v) is 7.90. The molecule has 3 aromatic carbocycles. The van der Waals surface area contributed by atoms with Gasteiger partial charge in [0.25, 0.3) is 0 Å². The first-order valence-electron chi connectivity index (χ1n) is 12.6. The highest BCUT2D eigenvalue weighted by atomic mass is 32.2. The zero-order chi connectivity index (χ0) is 26.5. The highest BCUT2D eigenvalue weighted by molar-refractivity contribution is 8.00. The molecule has 1 atom stereocenters. The minimum Gasteiger partial charge on any atom is -0.497 e. The number of anilines is 1. The number of amides is 1. The molecule has 38 heavy (non-hydrogen) atoms. The molecule has 200 valence electrons. The maximum Gasteiger partial charge on any atom is 0.244 e. The van der Waals surface area contributed by atoms with Gasteiger partial charge in [0.15, 0.2) is 5.75 Å². The van der Waals surface area contributed by atoms with E-state index in [-0.39, 0.29) is 5.91 Å². The number of thioether (sulfide) groups is 1. The van der Waals surface area contributed by atoms with Gasteiger partial charge in [-0.1, -0.05) is 12.1 Å². The minimum absolute atomic E-state index is 0.0222. The van der Waals surface area contributed by atoms with Crippen molar-refractivity contribution in [3.05, 3.63) is 71.8 Å². The summed E-state index contributed by atoms with van der Waals surface area (Å²) in [6, 6.07) is 19.4. The van der Waals surface area contributed by atoms with Gasteiger partial charge in [-0.15, -0.1) is 11.8 Å². The quantitative estimate of drug-likeness (QED) is 0.247. The average Bonchev–Trinajstić information content (AvgIpc) is 3.41. The number of nitrogens with zero attached hydrogens (tertiary/aromatic N) is 2. The summed E-state index contributed by atoms with van der Waals surface area (Å²) in [5.41, 5.74) is 2.78. The molecule has 2 heterocycles. The molecule has 0 saturated carbocycles. The molecule has 2 aliphatic rings. The van der Waals surface area contributed by atoms with Gasteiger partial charge in [0.2, 0.25) is 5.91 Å². The lowest BCUT2D eigenvalue weighted by molar-refractivity contribution is -0.194. The van der Waals surface area contributed by atoms with E-state index in [9.17, 15) is 4.79 Å². The number of methoxy groups -OCH3 is 1. The number of para-hydroxylation sites is 1. The van der Waals surface area contributed by atoms with Gasteiger partial charge in [0.1, 0.15) is 35.7 Å². The van der Waals surface area contributed by atoms with Crippen LogP contribution >= 0.6 is 11.8 Å². The topological polar surface area (TPSA) is 69.7 Å². The molecule has 3 aromatic rings. The van der Waals surface area contributed by atoms with Crippen molar-refractivity contribution in [1.82, 2.24) is 4.90 Å². The summed E-state index contributed by atoms with van der Waals surface area (Å²) in [6.07, 6.45) is 0.834. The molecule has 0 bridgehead atoms. The van der Waals surface area contributed by atoms with E-state index in [0.717, 1.165) is 52.7 Å². The molecule has 5 rings (SSSR count). The summed E-state index contributed by atoms with van der Waals surface area (Å²) in [7, 11) is 5.51. The van der Waals surface area contributed by atoms with E-state index in [1.54, 1.807) is 23.8 Å². The fourth-order valence-corrected chi connectivity index (χ4v) is 5.72. The highest BCUT2D eigenvalue weighted by Gasteiger charge is 2.34. The minimum atomic E-state index is -0.406. The molecule has 1 amide bonds. The lowest BCUT2D eigenvalue weighted by Gasteiger charge is -2.32. The molecule has 8 nitrogen and oxygen atoms in total. The Hall–Kier alpha value is -3.40. The van der Waals surface area contributed by atoms with Gasteiger partial charge in [-0.25, -0.2) is 0 Å². The summed E-state index contributed by atoms with van der Waals surface area (Å²) in [5, 5.41) is -0.406. The van der Waals surface area contributed by atoms with Gasteiger partial charge >= 0.3 is 0 Å². The van der Waals surface area contributed by atoms with Crippen LogP contribution in [0.4, 0.5) is 5.69 Å². The SMILES string of the molecule is COc1ccc(OCCCN(C)CCOc2ccc3c(c2)OOC3)c(C2Sc3ccccc3N(C)C2=O)c1. The van der Waals surface area contributed by atoms with E-state index in [4.69, 9.17) is 24.0 Å². The Morgan fingerprint density at radius 1 is 1.03 bits per heavy atom. The first-order chi connectivity index (χ1) is 18.5. The van der Waals surface area contributed by atoms with E-state index < -0.39 is 5.25 Å². The van der Waals surface area contributed by atoms with Crippen LogP contribution in [0.2, 0.25) is 0 Å². The predicted molar refractivity (Wildman–Crippen MR) is 146 cm³/mol. The van der Waals surface area contributed by atoms with Crippen molar-refractivity contribution in [2.75, 3.05) is 52.4 Å². The number of hydrogen-bond donors (Lipinski definition) is 0. The number of carbonyl (C=O) groups excluding carboxylic acids is 1. The van der Waals surface area contributed by atoms with Gasteiger partial charge in [0.05, 0.1) is 19.4 Å². The Balaban J connectivity index is 1.14. The standard InChI is InChI=1S/C29H32N2O6S/c1-30(14-16-34-22-10-9-20-19-36-37-26(20)18-22)13-6-15-35-25-12-11-21(33-3)17-23(25)28-29(32)31(2)24-7-4-5-8-27(24)38-28/h4-5,7-12,17-18,28H,6,13-16,19H2,1-3H3. The molecule has 0 saturated heterocycles. The van der Waals surface area contributed by atoms with Crippen molar-refractivity contribution >= 4 is 23.4 Å². The van der Waals surface area contributed by atoms with E-state index in [0.29, 0.717) is 31.3 Å². The second-order valence-corrected chi connectivity index (χ2v) is 10.4. The summed E-state index contributed by atoms with van der Waals surface area (Å²) < 4.78 is 17.5. The van der Waals surface area contributed by atoms with Crippen LogP contribution in [0.15, 0.2) is 65.6 Å². The van der Waals surface area contributed by atoms with Crippen molar-refractivity contribution in [1.29, 1.82) is 0 Å². The number of hydrogen-bond acceptors (Lipinski definition) is 8. The van der Waals surface area contributed by atoms with Gasteiger partial charge in [0, 0.05) is 42.2 Å². The highest BCUT2D eigenvalue weighted by Crippen LogP contribution is 2.48. The predicted octanol–water partition coefficient (Wildman–Crippen LogP) is 5.11. The molecule has 0 aromatic heterocycles. The zero-order valence-electron chi connectivity index (χ0n) is 21.8. The number of rotatable bonds is 11. The Labute approximate surface area is 227 Å². The third-order valence-electron chi connectivity index (χ3n) is 6.61. The summed E-state index contributed by atoms with van der Waals surface area (Å²) in [4.78, 5) is 28.4. The molecule has 0 fully saturated rings. The van der Waals surface area contributed by atoms with E-state index in [1.807, 2.05) is 67.7 Å². The van der Waals surface area contributed by atoms with Crippen molar-refractivity contribution in [2.24, 2.45) is 0 Å². The van der Waals surface area contributed by atoms with Gasteiger partial charge in [-0.05, 0) is 55.9 Å². The molecule has 2 aliphatic heterocycles. The van der Waals surface area contributed by atoms with Crippen molar-refractivity contribution < 1.29 is 28.8 Å². The van der Waals surface area contributed by atoms with Crippen LogP contribution in [0.5, 0.6) is 23.0 Å². The van der Waals surface area contributed by atoms with Crippen LogP contribution in [0, 0.1) is 0 Å². The van der Waals surface area contributed by atoms with Crippen molar-refractivity contribution in [2.45, 2.75) is 23.2 Å². The third kappa shape index (κ3) is 5.85. The molecule has 0 aliphatic carbocycles. The second kappa shape index (κ2) is 12.0. The molecule has 9 heteroatoms. The fraction of sp³-hybridized carbons (Fsp3) is 0.345. The summed E-state index contributed by atoms with van der Waals surface area (Å²) in [5.74, 6) is 2.91. The maximum absolute atomic E-state index is 13.3. The number of ether oxygens (including phenoxy) is 3. The van der Waals surface area contributed by atoms with E-state index >= 15 is 0 Å². The number of fused-ring (bicyclic) bond motifs is 2. The Morgan fingerprint density at radius 2 is 1.87 bits per heavy atom. The summed E-state index contributed by atoms with van der Waals surface area (Å²) >= 11 is 1.55. The van der Waals surface area contributed by atoms with Crippen LogP contribution in [-0.4, -0.2) is 58.3 Å².